The number of ether oxygens (including phenoxy) is 1. The van der Waals surface area contributed by atoms with Crippen molar-refractivity contribution in [2.75, 3.05) is 12.3 Å². The predicted molar refractivity (Wildman–Crippen MR) is 87.9 cm³/mol. The number of carbonyl (C=O) groups excluding carboxylic acids is 1. The van der Waals surface area contributed by atoms with Crippen molar-refractivity contribution >= 4 is 22.4 Å². The summed E-state index contributed by atoms with van der Waals surface area (Å²) in [6.45, 7) is 4.52. The molecule has 5 heteroatoms. The molecule has 0 atom stereocenters. The number of nitrogens with zero attached hydrogens (tertiary/aromatic N) is 1. The Hall–Kier alpha value is -2.30. The van der Waals surface area contributed by atoms with Gasteiger partial charge in [0.2, 0.25) is 0 Å². The van der Waals surface area contributed by atoms with Crippen molar-refractivity contribution in [3.05, 3.63) is 40.3 Å². The Balaban J connectivity index is 2.25. The van der Waals surface area contributed by atoms with E-state index < -0.39 is 0 Å². The molecule has 118 valence electrons. The van der Waals surface area contributed by atoms with Gasteiger partial charge >= 0.3 is 5.97 Å². The smallest absolute Gasteiger partial charge is 0.302 e. The van der Waals surface area contributed by atoms with Crippen molar-refractivity contribution in [3.8, 4) is 0 Å². The van der Waals surface area contributed by atoms with Gasteiger partial charge in [0.1, 0.15) is 0 Å². The minimum Gasteiger partial charge on any atom is -0.466 e. The highest BCUT2D eigenvalue weighted by Crippen LogP contribution is 2.23. The fourth-order valence-corrected chi connectivity index (χ4v) is 2.55. The first-order chi connectivity index (χ1) is 10.5. The number of nitrogen functional groups attached to an aromatic ring is 1. The number of pyridine rings is 1. The van der Waals surface area contributed by atoms with E-state index in [4.69, 9.17) is 10.5 Å². The minimum absolute atomic E-state index is 0.00230. The van der Waals surface area contributed by atoms with Gasteiger partial charge in [-0.25, -0.2) is 0 Å². The number of anilines is 1. The first-order valence-electron chi connectivity index (χ1n) is 7.58. The summed E-state index contributed by atoms with van der Waals surface area (Å²) < 4.78 is 6.63. The van der Waals surface area contributed by atoms with Crippen molar-refractivity contribution in [3.63, 3.8) is 0 Å². The van der Waals surface area contributed by atoms with Crippen LogP contribution in [-0.2, 0) is 22.5 Å². The molecular formula is C17H22N2O3. The van der Waals surface area contributed by atoms with Crippen LogP contribution < -0.4 is 11.3 Å². The number of benzene rings is 1. The van der Waals surface area contributed by atoms with Gasteiger partial charge in [0.05, 0.1) is 6.61 Å². The molecule has 0 radical (unpaired) electrons. The van der Waals surface area contributed by atoms with E-state index in [0.29, 0.717) is 37.1 Å². The average molecular weight is 302 g/mol. The summed E-state index contributed by atoms with van der Waals surface area (Å²) in [6, 6.07) is 5.63. The SMILES string of the molecule is CCCn1ccc2c(N)c(CCCOC(C)=O)ccc2c1=O. The minimum atomic E-state index is -0.275. The van der Waals surface area contributed by atoms with Gasteiger partial charge in [0.25, 0.3) is 5.56 Å². The lowest BCUT2D eigenvalue weighted by Gasteiger charge is -2.11. The van der Waals surface area contributed by atoms with Crippen molar-refractivity contribution in [2.45, 2.75) is 39.7 Å². The molecule has 0 aliphatic heterocycles. The zero-order chi connectivity index (χ0) is 16.1. The van der Waals surface area contributed by atoms with Crippen LogP contribution in [0.1, 0.15) is 32.3 Å². The Kier molecular flexibility index (Phi) is 5.20. The predicted octanol–water partition coefficient (Wildman–Crippen LogP) is 2.49. The van der Waals surface area contributed by atoms with Gasteiger partial charge in [-0.1, -0.05) is 13.0 Å². The highest BCUT2D eigenvalue weighted by atomic mass is 16.5. The normalized spacial score (nSPS) is 10.8. The molecule has 2 N–H and O–H groups in total. The number of nitrogens with two attached hydrogens (primary N) is 1. The molecule has 0 unspecified atom stereocenters. The number of rotatable bonds is 6. The molecular weight excluding hydrogens is 280 g/mol. The Bertz CT molecular complexity index is 734. The largest absolute Gasteiger partial charge is 0.466 e. The van der Waals surface area contributed by atoms with Gasteiger partial charge in [-0.15, -0.1) is 0 Å². The summed E-state index contributed by atoms with van der Waals surface area (Å²) >= 11 is 0. The second-order valence-corrected chi connectivity index (χ2v) is 5.36. The van der Waals surface area contributed by atoms with Crippen LogP contribution in [0.5, 0.6) is 0 Å². The maximum absolute atomic E-state index is 12.4. The Labute approximate surface area is 129 Å². The summed E-state index contributed by atoms with van der Waals surface area (Å²) in [5.41, 5.74) is 7.81. The van der Waals surface area contributed by atoms with Gasteiger partial charge in [0.15, 0.2) is 0 Å². The highest BCUT2D eigenvalue weighted by molar-refractivity contribution is 5.93. The number of carbonyl (C=O) groups is 1. The zero-order valence-electron chi connectivity index (χ0n) is 13.1. The summed E-state index contributed by atoms with van der Waals surface area (Å²) in [5.74, 6) is -0.275. The molecule has 0 aliphatic rings. The van der Waals surface area contributed by atoms with Crippen LogP contribution in [0.2, 0.25) is 0 Å². The van der Waals surface area contributed by atoms with Crippen LogP contribution in [0.3, 0.4) is 0 Å². The maximum Gasteiger partial charge on any atom is 0.302 e. The number of esters is 1. The lowest BCUT2D eigenvalue weighted by Crippen LogP contribution is -2.19. The van der Waals surface area contributed by atoms with Crippen LogP contribution >= 0.6 is 0 Å². The lowest BCUT2D eigenvalue weighted by molar-refractivity contribution is -0.141. The molecule has 0 fully saturated rings. The third-order valence-corrected chi connectivity index (χ3v) is 3.65. The number of fused-ring (bicyclic) bond motifs is 1. The second kappa shape index (κ2) is 7.11. The van der Waals surface area contributed by atoms with E-state index >= 15 is 0 Å². The number of hydrogen-bond donors (Lipinski definition) is 1. The average Bonchev–Trinajstić information content (AvgIpc) is 2.48. The van der Waals surface area contributed by atoms with E-state index in [9.17, 15) is 9.59 Å². The molecule has 1 heterocycles. The molecule has 1 aromatic carbocycles. The van der Waals surface area contributed by atoms with E-state index in [1.165, 1.54) is 6.92 Å². The fraction of sp³-hybridized carbons (Fsp3) is 0.412. The molecule has 2 aromatic rings. The van der Waals surface area contributed by atoms with Crippen molar-refractivity contribution in [1.29, 1.82) is 0 Å². The number of aromatic nitrogens is 1. The molecule has 1 aromatic heterocycles. The number of hydrogen-bond acceptors (Lipinski definition) is 4. The molecule has 0 bridgehead atoms. The van der Waals surface area contributed by atoms with E-state index in [-0.39, 0.29) is 11.5 Å². The molecule has 0 spiro atoms. The summed E-state index contributed by atoms with van der Waals surface area (Å²) in [4.78, 5) is 23.1. The molecule has 2 rings (SSSR count). The van der Waals surface area contributed by atoms with Crippen LogP contribution in [0.25, 0.3) is 10.8 Å². The summed E-state index contributed by atoms with van der Waals surface area (Å²) in [6.07, 6.45) is 4.14. The van der Waals surface area contributed by atoms with Gasteiger partial charge in [0, 0.05) is 36.1 Å². The van der Waals surface area contributed by atoms with Crippen LogP contribution in [0, 0.1) is 0 Å². The molecule has 0 amide bonds. The van der Waals surface area contributed by atoms with E-state index in [1.54, 1.807) is 10.8 Å². The van der Waals surface area contributed by atoms with E-state index in [1.807, 2.05) is 25.1 Å². The molecule has 0 aliphatic carbocycles. The van der Waals surface area contributed by atoms with E-state index in [0.717, 1.165) is 17.4 Å². The standard InChI is InChI=1S/C17H22N2O3/c1-3-9-19-10-8-14-15(17(19)21)7-6-13(16(14)18)5-4-11-22-12(2)20/h6-8,10H,3-5,9,11,18H2,1-2H3. The fourth-order valence-electron chi connectivity index (χ4n) is 2.55. The number of aryl methyl sites for hydroxylation is 2. The van der Waals surface area contributed by atoms with Crippen molar-refractivity contribution in [2.24, 2.45) is 0 Å². The molecule has 22 heavy (non-hydrogen) atoms. The third kappa shape index (κ3) is 3.47. The summed E-state index contributed by atoms with van der Waals surface area (Å²) in [5, 5.41) is 1.44. The van der Waals surface area contributed by atoms with E-state index in [2.05, 4.69) is 0 Å². The lowest BCUT2D eigenvalue weighted by atomic mass is 10.0. The maximum atomic E-state index is 12.4. The molecule has 0 saturated carbocycles. The van der Waals surface area contributed by atoms with Gasteiger partial charge < -0.3 is 15.0 Å². The highest BCUT2D eigenvalue weighted by Gasteiger charge is 2.09. The molecule has 5 nitrogen and oxygen atoms in total. The Morgan fingerprint density at radius 3 is 2.73 bits per heavy atom. The van der Waals surface area contributed by atoms with Crippen LogP contribution in [0.15, 0.2) is 29.2 Å². The Morgan fingerprint density at radius 2 is 2.05 bits per heavy atom. The first kappa shape index (κ1) is 16.1. The topological polar surface area (TPSA) is 74.3 Å². The Morgan fingerprint density at radius 1 is 1.27 bits per heavy atom. The van der Waals surface area contributed by atoms with Gasteiger partial charge in [-0.2, -0.15) is 0 Å². The van der Waals surface area contributed by atoms with Crippen LogP contribution in [0.4, 0.5) is 5.69 Å². The van der Waals surface area contributed by atoms with Gasteiger partial charge in [-0.05, 0) is 37.0 Å². The summed E-state index contributed by atoms with van der Waals surface area (Å²) in [7, 11) is 0. The third-order valence-electron chi connectivity index (χ3n) is 3.65. The second-order valence-electron chi connectivity index (χ2n) is 5.36. The molecule has 0 saturated heterocycles. The van der Waals surface area contributed by atoms with Gasteiger partial charge in [-0.3, -0.25) is 9.59 Å². The van der Waals surface area contributed by atoms with Crippen LogP contribution in [-0.4, -0.2) is 17.1 Å². The van der Waals surface area contributed by atoms with Crippen molar-refractivity contribution in [1.82, 2.24) is 4.57 Å². The van der Waals surface area contributed by atoms with Crippen molar-refractivity contribution < 1.29 is 9.53 Å². The first-order valence-corrected chi connectivity index (χ1v) is 7.58. The monoisotopic (exact) mass is 302 g/mol. The quantitative estimate of drug-likeness (QED) is 0.505. The zero-order valence-corrected chi connectivity index (χ0v) is 13.1.